The smallest absolute Gasteiger partial charge is 0.374 e. The van der Waals surface area contributed by atoms with Crippen molar-refractivity contribution in [2.45, 2.75) is 239 Å². The van der Waals surface area contributed by atoms with Crippen LogP contribution in [0, 0.1) is 0 Å². The van der Waals surface area contributed by atoms with Crippen LogP contribution in [0.1, 0.15) is 233 Å². The molecule has 0 aromatic heterocycles. The van der Waals surface area contributed by atoms with Gasteiger partial charge in [-0.25, -0.2) is 4.79 Å². The summed E-state index contributed by atoms with van der Waals surface area (Å²) in [5.41, 5.74) is 5.53. The minimum atomic E-state index is -1.48. The van der Waals surface area contributed by atoms with Crippen LogP contribution in [0.25, 0.3) is 0 Å². The number of esters is 2. The molecule has 11 nitrogen and oxygen atoms in total. The van der Waals surface area contributed by atoms with E-state index in [4.69, 9.17) is 15.2 Å². The predicted molar refractivity (Wildman–Crippen MR) is 276 cm³/mol. The zero-order valence-electron chi connectivity index (χ0n) is 43.4. The summed E-state index contributed by atoms with van der Waals surface area (Å²) in [4.78, 5) is 39.6. The molecule has 0 aliphatic heterocycles. The zero-order valence-corrected chi connectivity index (χ0v) is 43.4. The van der Waals surface area contributed by atoms with Crippen molar-refractivity contribution >= 4 is 18.0 Å². The van der Waals surface area contributed by atoms with Crippen molar-refractivity contribution in [1.29, 1.82) is 0 Å². The summed E-state index contributed by atoms with van der Waals surface area (Å²) in [6, 6.07) is -0.238. The number of hydrogen-bond donors (Lipinski definition) is 5. The Morgan fingerprint density at radius 2 is 0.831 bits per heavy atom. The summed E-state index contributed by atoms with van der Waals surface area (Å²) < 4.78 is 12.5. The van der Waals surface area contributed by atoms with Crippen molar-refractivity contribution in [3.05, 3.63) is 24.3 Å². The van der Waals surface area contributed by atoms with E-state index in [1.54, 1.807) is 0 Å². The van der Waals surface area contributed by atoms with Crippen LogP contribution in [0.2, 0.25) is 0 Å². The molecule has 11 heteroatoms. The van der Waals surface area contributed by atoms with Gasteiger partial charge in [0.15, 0.2) is 0 Å². The van der Waals surface area contributed by atoms with Gasteiger partial charge in [0, 0.05) is 19.4 Å². The fourth-order valence-electron chi connectivity index (χ4n) is 8.05. The van der Waals surface area contributed by atoms with Gasteiger partial charge in [-0.2, -0.15) is 0 Å². The molecule has 6 N–H and O–H groups in total. The number of ether oxygens (including phenoxy) is 2. The highest BCUT2D eigenvalue weighted by atomic mass is 16.8. The van der Waals surface area contributed by atoms with Gasteiger partial charge >= 0.3 is 23.9 Å². The third-order valence-electron chi connectivity index (χ3n) is 12.5. The molecule has 0 bridgehead atoms. The second-order valence-electron chi connectivity index (χ2n) is 19.0. The van der Waals surface area contributed by atoms with Gasteiger partial charge < -0.3 is 36.5 Å². The molecule has 0 saturated heterocycles. The first-order valence-corrected chi connectivity index (χ1v) is 27.4. The van der Waals surface area contributed by atoms with Crippen molar-refractivity contribution in [2.24, 2.45) is 5.73 Å². The number of hydrogen-bond acceptors (Lipinski definition) is 8. The van der Waals surface area contributed by atoms with Gasteiger partial charge in [-0.1, -0.05) is 148 Å². The molecule has 0 aliphatic carbocycles. The zero-order chi connectivity index (χ0) is 47.8. The Morgan fingerprint density at radius 1 is 0.462 bits per heavy atom. The molecule has 0 radical (unpaired) electrons. The lowest BCUT2D eigenvalue weighted by Crippen LogP contribution is -2.65. The molecule has 0 atom stereocenters. The number of carbonyl (C=O) groups is 3. The molecule has 0 aromatic carbocycles. The SMILES string of the molecule is CCCCCCCC/C=C\CCCCCCCC(=O)OC(CC)(OC(=O)CCCCCCC/C=C\CCCCCCCC)[N+](C)(C)CCNC(=O)NCCCNCCCCNCCCN. The molecule has 0 fully saturated rings. The second-order valence-corrected chi connectivity index (χ2v) is 19.0. The topological polar surface area (TPSA) is 144 Å². The Hall–Kier alpha value is -2.47. The van der Waals surface area contributed by atoms with Crippen molar-refractivity contribution in [1.82, 2.24) is 21.3 Å². The van der Waals surface area contributed by atoms with E-state index in [0.29, 0.717) is 26.1 Å². The number of likely N-dealkylation sites (N-methyl/N-ethyl adjacent to an activating group) is 1. The quantitative estimate of drug-likeness (QED) is 0.0133. The minimum Gasteiger partial charge on any atom is -0.374 e. The molecule has 0 unspecified atom stereocenters. The number of nitrogens with zero attached hydrogens (tertiary/aromatic N) is 1. The second kappa shape index (κ2) is 46.6. The molecule has 0 heterocycles. The van der Waals surface area contributed by atoms with E-state index in [9.17, 15) is 14.4 Å². The number of unbranched alkanes of at least 4 members (excludes halogenated alkanes) is 23. The summed E-state index contributed by atoms with van der Waals surface area (Å²) in [6.45, 7) is 12.2. The van der Waals surface area contributed by atoms with Gasteiger partial charge in [-0.3, -0.25) is 14.1 Å². The Kier molecular flexibility index (Phi) is 44.9. The third kappa shape index (κ3) is 39.3. The number of rotatable bonds is 49. The maximum absolute atomic E-state index is 13.4. The lowest BCUT2D eigenvalue weighted by atomic mass is 10.1. The van der Waals surface area contributed by atoms with Crippen LogP contribution in [-0.4, -0.2) is 94.8 Å². The summed E-state index contributed by atoms with van der Waals surface area (Å²) in [6.07, 6.45) is 45.2. The van der Waals surface area contributed by atoms with Gasteiger partial charge in [-0.05, 0) is 123 Å². The summed E-state index contributed by atoms with van der Waals surface area (Å²) >= 11 is 0. The maximum atomic E-state index is 13.4. The molecule has 382 valence electrons. The molecule has 0 aromatic rings. The van der Waals surface area contributed by atoms with E-state index < -0.39 is 5.91 Å². The van der Waals surface area contributed by atoms with Crippen LogP contribution < -0.4 is 27.0 Å². The lowest BCUT2D eigenvalue weighted by Gasteiger charge is -2.44. The van der Waals surface area contributed by atoms with Crippen LogP contribution in [0.5, 0.6) is 0 Å². The van der Waals surface area contributed by atoms with Crippen LogP contribution in [0.15, 0.2) is 24.3 Å². The van der Waals surface area contributed by atoms with Crippen molar-refractivity contribution in [2.75, 3.05) is 66.5 Å². The van der Waals surface area contributed by atoms with E-state index in [1.165, 1.54) is 103 Å². The molecule has 0 spiro atoms. The minimum absolute atomic E-state index is 0.0898. The highest BCUT2D eigenvalue weighted by molar-refractivity contribution is 5.73. The number of amides is 2. The average molecular weight is 920 g/mol. The summed E-state index contributed by atoms with van der Waals surface area (Å²) in [5.74, 6) is -2.17. The molecule has 65 heavy (non-hydrogen) atoms. The van der Waals surface area contributed by atoms with Crippen LogP contribution in [-0.2, 0) is 19.1 Å². The van der Waals surface area contributed by atoms with Crippen molar-refractivity contribution in [3.63, 3.8) is 0 Å². The first-order chi connectivity index (χ1) is 31.7. The predicted octanol–water partition coefficient (Wildman–Crippen LogP) is 12.3. The third-order valence-corrected chi connectivity index (χ3v) is 12.5. The van der Waals surface area contributed by atoms with Gasteiger partial charge in [0.1, 0.15) is 6.54 Å². The van der Waals surface area contributed by atoms with Gasteiger partial charge in [0.05, 0.1) is 27.1 Å². The molecular weight excluding hydrogens is 813 g/mol. The Bertz CT molecular complexity index is 1090. The molecule has 0 aliphatic rings. The van der Waals surface area contributed by atoms with Crippen LogP contribution in [0.4, 0.5) is 4.79 Å². The number of quaternary nitrogens is 1. The molecule has 0 rings (SSSR count). The van der Waals surface area contributed by atoms with E-state index in [0.717, 1.165) is 123 Å². The maximum Gasteiger partial charge on any atom is 0.407 e. The molecular formula is C54H107N6O5+. The van der Waals surface area contributed by atoms with Gasteiger partial charge in [-0.15, -0.1) is 0 Å². The fourth-order valence-corrected chi connectivity index (χ4v) is 8.05. The van der Waals surface area contributed by atoms with Crippen LogP contribution in [0.3, 0.4) is 0 Å². The Labute approximate surface area is 401 Å². The highest BCUT2D eigenvalue weighted by Crippen LogP contribution is 2.30. The number of urea groups is 1. The largest absolute Gasteiger partial charge is 0.407 e. The van der Waals surface area contributed by atoms with Crippen molar-refractivity contribution in [3.8, 4) is 0 Å². The normalized spacial score (nSPS) is 12.1. The first kappa shape index (κ1) is 62.5. The number of nitrogens with one attached hydrogen (secondary N) is 4. The highest BCUT2D eigenvalue weighted by Gasteiger charge is 2.52. The molecule has 2 amide bonds. The van der Waals surface area contributed by atoms with Crippen molar-refractivity contribution < 1.29 is 28.3 Å². The van der Waals surface area contributed by atoms with E-state index in [2.05, 4.69) is 59.4 Å². The van der Waals surface area contributed by atoms with Gasteiger partial charge in [0.25, 0.3) is 0 Å². The lowest BCUT2D eigenvalue weighted by molar-refractivity contribution is -0.989. The summed E-state index contributed by atoms with van der Waals surface area (Å²) in [5, 5.41) is 12.8. The van der Waals surface area contributed by atoms with E-state index in [1.807, 2.05) is 21.0 Å². The van der Waals surface area contributed by atoms with Gasteiger partial charge in [0.2, 0.25) is 0 Å². The standard InChI is InChI=1S/C54H106N6O5/c1-6-9-11-13-15-17-19-21-23-25-27-29-31-33-35-41-51(61)64-54(8-3,65-52(62)42-36-34-32-30-28-26-24-22-20-18-16-14-12-10-7-2)60(4,5)50-49-59-53(63)58-48-40-47-57-45-38-37-44-56-46-39-43-55/h21-24,56-57H,6-20,25-50,55H2,1-5H3,(H-,58,59,63)/p+1/b23-21-,24-22-. The number of nitrogens with two attached hydrogens (primary N) is 1. The Morgan fingerprint density at radius 3 is 1.25 bits per heavy atom. The number of carbonyl (C=O) groups excluding carboxylic acids is 3. The van der Waals surface area contributed by atoms with E-state index >= 15 is 0 Å². The fraction of sp³-hybridized carbons (Fsp3) is 0.870. The Balaban J connectivity index is 4.87. The summed E-state index contributed by atoms with van der Waals surface area (Å²) in [7, 11) is 3.82. The molecule has 0 saturated carbocycles. The monoisotopic (exact) mass is 920 g/mol. The average Bonchev–Trinajstić information content (AvgIpc) is 3.28. The van der Waals surface area contributed by atoms with Crippen LogP contribution >= 0.6 is 0 Å². The van der Waals surface area contributed by atoms with E-state index in [-0.39, 0.29) is 35.3 Å². The number of allylic oxidation sites excluding steroid dienone is 4. The first-order valence-electron chi connectivity index (χ1n) is 27.4.